The van der Waals surface area contributed by atoms with E-state index in [1.165, 1.54) is 12.1 Å². The number of nitrogens with zero attached hydrogens (tertiary/aromatic N) is 5. The first-order valence-electron chi connectivity index (χ1n) is 8.64. The van der Waals surface area contributed by atoms with Crippen LogP contribution in [0.1, 0.15) is 18.4 Å². The lowest BCUT2D eigenvalue weighted by molar-refractivity contribution is 0.145. The van der Waals surface area contributed by atoms with E-state index in [0.717, 1.165) is 25.0 Å². The molecule has 0 bridgehead atoms. The molecule has 0 aliphatic carbocycles. The van der Waals surface area contributed by atoms with Crippen LogP contribution < -0.4 is 9.80 Å². The summed E-state index contributed by atoms with van der Waals surface area (Å²) in [6.45, 7) is 2.53. The van der Waals surface area contributed by atoms with Gasteiger partial charge in [-0.05, 0) is 25.0 Å². The lowest BCUT2D eigenvalue weighted by Gasteiger charge is -2.31. The Morgan fingerprint density at radius 2 is 1.65 bits per heavy atom. The highest BCUT2D eigenvalue weighted by molar-refractivity contribution is 6.10. The number of benzene rings is 1. The maximum Gasteiger partial charge on any atom is 0.155 e. The van der Waals surface area contributed by atoms with Crippen molar-refractivity contribution in [3.8, 4) is 0 Å². The summed E-state index contributed by atoms with van der Waals surface area (Å²) in [5.74, 6) is 0.534. The summed E-state index contributed by atoms with van der Waals surface area (Å²) in [4.78, 5) is 17.2. The second-order valence-electron chi connectivity index (χ2n) is 6.47. The molecule has 6 nitrogen and oxygen atoms in total. The number of piperidine rings is 1. The molecule has 3 heterocycles. The largest absolute Gasteiger partial charge is 0.393 e. The van der Waals surface area contributed by atoms with Crippen LogP contribution in [0.2, 0.25) is 0 Å². The molecule has 0 radical (unpaired) electrons. The Hall–Kier alpha value is -2.61. The third-order valence-electron chi connectivity index (χ3n) is 4.64. The summed E-state index contributed by atoms with van der Waals surface area (Å²) in [7, 11) is 0. The van der Waals surface area contributed by atoms with Crippen LogP contribution in [-0.4, -0.2) is 53.2 Å². The number of rotatable bonds is 3. The fourth-order valence-electron chi connectivity index (χ4n) is 3.32. The predicted octanol–water partition coefficient (Wildman–Crippen LogP) is 1.98. The van der Waals surface area contributed by atoms with Gasteiger partial charge < -0.3 is 14.9 Å². The average molecular weight is 359 g/mol. The summed E-state index contributed by atoms with van der Waals surface area (Å²) in [5.41, 5.74) is 0.383. The van der Waals surface area contributed by atoms with Crippen LogP contribution >= 0.6 is 0 Å². The maximum atomic E-state index is 13.6. The SMILES string of the molecule is OC1CCN(c2cncc(N3CCN=C3c3cc(F)cc(F)c3)n2)CC1. The monoisotopic (exact) mass is 359 g/mol. The molecule has 1 saturated heterocycles. The molecule has 0 spiro atoms. The Labute approximate surface area is 149 Å². The van der Waals surface area contributed by atoms with Crippen LogP contribution in [0.5, 0.6) is 0 Å². The molecule has 1 N–H and O–H groups in total. The van der Waals surface area contributed by atoms with Gasteiger partial charge in [0.15, 0.2) is 5.82 Å². The van der Waals surface area contributed by atoms with E-state index in [-0.39, 0.29) is 6.10 Å². The highest BCUT2D eigenvalue weighted by Crippen LogP contribution is 2.23. The summed E-state index contributed by atoms with van der Waals surface area (Å²) in [6.07, 6.45) is 4.45. The van der Waals surface area contributed by atoms with Crippen molar-refractivity contribution >= 4 is 17.5 Å². The topological polar surface area (TPSA) is 64.8 Å². The number of hydrogen-bond acceptors (Lipinski definition) is 6. The molecule has 1 aromatic heterocycles. The fourth-order valence-corrected chi connectivity index (χ4v) is 3.32. The van der Waals surface area contributed by atoms with E-state index in [2.05, 4.69) is 19.9 Å². The van der Waals surface area contributed by atoms with Gasteiger partial charge >= 0.3 is 0 Å². The highest BCUT2D eigenvalue weighted by atomic mass is 19.1. The number of hydrogen-bond donors (Lipinski definition) is 1. The third-order valence-corrected chi connectivity index (χ3v) is 4.64. The number of amidine groups is 1. The van der Waals surface area contributed by atoms with Gasteiger partial charge in [-0.3, -0.25) is 9.98 Å². The van der Waals surface area contributed by atoms with Gasteiger partial charge in [0.1, 0.15) is 23.3 Å². The molecule has 0 saturated carbocycles. The van der Waals surface area contributed by atoms with Crippen molar-refractivity contribution in [2.24, 2.45) is 4.99 Å². The first-order chi connectivity index (χ1) is 12.6. The van der Waals surface area contributed by atoms with Crippen molar-refractivity contribution in [2.75, 3.05) is 36.0 Å². The first kappa shape index (κ1) is 16.8. The number of halogens is 2. The molecule has 4 rings (SSSR count). The van der Waals surface area contributed by atoms with Gasteiger partial charge in [-0.15, -0.1) is 0 Å². The molecule has 1 aromatic carbocycles. The maximum absolute atomic E-state index is 13.6. The van der Waals surface area contributed by atoms with Crippen LogP contribution in [-0.2, 0) is 0 Å². The van der Waals surface area contributed by atoms with E-state index >= 15 is 0 Å². The van der Waals surface area contributed by atoms with Crippen LogP contribution in [0.15, 0.2) is 35.6 Å². The molecule has 26 heavy (non-hydrogen) atoms. The Morgan fingerprint density at radius 3 is 2.38 bits per heavy atom. The normalized spacial score (nSPS) is 18.3. The van der Waals surface area contributed by atoms with Gasteiger partial charge in [0.25, 0.3) is 0 Å². The molecular weight excluding hydrogens is 340 g/mol. The van der Waals surface area contributed by atoms with Crippen molar-refractivity contribution in [3.63, 3.8) is 0 Å². The highest BCUT2D eigenvalue weighted by Gasteiger charge is 2.24. The second kappa shape index (κ2) is 6.95. The quantitative estimate of drug-likeness (QED) is 0.908. The summed E-state index contributed by atoms with van der Waals surface area (Å²) in [6, 6.07) is 3.38. The van der Waals surface area contributed by atoms with Crippen molar-refractivity contribution in [1.82, 2.24) is 9.97 Å². The molecule has 8 heteroatoms. The molecule has 136 valence electrons. The second-order valence-corrected chi connectivity index (χ2v) is 6.47. The zero-order valence-corrected chi connectivity index (χ0v) is 14.1. The Morgan fingerprint density at radius 1 is 0.962 bits per heavy atom. The van der Waals surface area contributed by atoms with Crippen LogP contribution in [0, 0.1) is 11.6 Å². The van der Waals surface area contributed by atoms with Crippen LogP contribution in [0.3, 0.4) is 0 Å². The van der Waals surface area contributed by atoms with Crippen molar-refractivity contribution in [1.29, 1.82) is 0 Å². The number of aliphatic imine (C=N–C) groups is 1. The van der Waals surface area contributed by atoms with Gasteiger partial charge in [-0.2, -0.15) is 0 Å². The molecule has 0 atom stereocenters. The smallest absolute Gasteiger partial charge is 0.155 e. The van der Waals surface area contributed by atoms with E-state index in [4.69, 9.17) is 0 Å². The van der Waals surface area contributed by atoms with Crippen molar-refractivity contribution in [3.05, 3.63) is 47.8 Å². The van der Waals surface area contributed by atoms with E-state index < -0.39 is 11.6 Å². The summed E-state index contributed by atoms with van der Waals surface area (Å²) in [5, 5.41) is 9.66. The zero-order valence-electron chi connectivity index (χ0n) is 14.1. The third kappa shape index (κ3) is 3.37. The molecule has 2 aliphatic heterocycles. The molecule has 0 amide bonds. The number of anilines is 2. The lowest BCUT2D eigenvalue weighted by atomic mass is 10.1. The van der Waals surface area contributed by atoms with Crippen LogP contribution in [0.4, 0.5) is 20.4 Å². The minimum atomic E-state index is -0.638. The fraction of sp³-hybridized carbons (Fsp3) is 0.389. The van der Waals surface area contributed by atoms with Crippen molar-refractivity contribution < 1.29 is 13.9 Å². The average Bonchev–Trinajstić information content (AvgIpc) is 3.11. The van der Waals surface area contributed by atoms with Gasteiger partial charge in [0, 0.05) is 31.3 Å². The van der Waals surface area contributed by atoms with Gasteiger partial charge in [0.05, 0.1) is 25.0 Å². The summed E-state index contributed by atoms with van der Waals surface area (Å²) < 4.78 is 27.2. The van der Waals surface area contributed by atoms with Gasteiger partial charge in [0.2, 0.25) is 0 Å². The molecule has 1 fully saturated rings. The molecular formula is C18H19F2N5O. The lowest BCUT2D eigenvalue weighted by Crippen LogP contribution is -2.37. The minimum absolute atomic E-state index is 0.261. The Balaban J connectivity index is 1.61. The summed E-state index contributed by atoms with van der Waals surface area (Å²) >= 11 is 0. The number of aliphatic hydroxyl groups excluding tert-OH is 1. The van der Waals surface area contributed by atoms with Gasteiger partial charge in [-0.1, -0.05) is 0 Å². The number of aromatic nitrogens is 2. The Bertz CT molecular complexity index is 816. The molecule has 2 aliphatic rings. The molecule has 0 unspecified atom stereocenters. The minimum Gasteiger partial charge on any atom is -0.393 e. The van der Waals surface area contributed by atoms with Gasteiger partial charge in [-0.25, -0.2) is 13.8 Å². The van der Waals surface area contributed by atoms with Crippen LogP contribution in [0.25, 0.3) is 0 Å². The zero-order chi connectivity index (χ0) is 18.1. The first-order valence-corrected chi connectivity index (χ1v) is 8.64. The van der Waals surface area contributed by atoms with E-state index in [1.807, 2.05) is 4.90 Å². The Kier molecular flexibility index (Phi) is 4.50. The molecule has 2 aromatic rings. The van der Waals surface area contributed by atoms with E-state index in [9.17, 15) is 13.9 Å². The number of aliphatic hydroxyl groups is 1. The van der Waals surface area contributed by atoms with E-state index in [0.29, 0.717) is 43.1 Å². The predicted molar refractivity (Wildman–Crippen MR) is 94.6 cm³/mol. The van der Waals surface area contributed by atoms with E-state index in [1.54, 1.807) is 12.4 Å². The van der Waals surface area contributed by atoms with Crippen molar-refractivity contribution in [2.45, 2.75) is 18.9 Å². The standard InChI is InChI=1S/C18H19F2N5O/c19-13-7-12(8-14(20)9-13)18-22-3-6-25(18)17-11-21-10-16(23-17)24-4-1-15(26)2-5-24/h7-11,15,26H,1-6H2.